The fourth-order valence-electron chi connectivity index (χ4n) is 2.26. The molecule has 1 aliphatic rings. The second kappa shape index (κ2) is 4.40. The summed E-state index contributed by atoms with van der Waals surface area (Å²) in [7, 11) is 0. The molecule has 1 saturated carbocycles. The highest BCUT2D eigenvalue weighted by molar-refractivity contribution is 7.00. The first-order valence-corrected chi connectivity index (χ1v) is 6.72. The minimum atomic E-state index is -0.298. The first-order valence-electron chi connectivity index (χ1n) is 5.61. The summed E-state index contributed by atoms with van der Waals surface area (Å²) in [6.07, 6.45) is 2.56. The molecule has 0 bridgehead atoms. The zero-order valence-electron chi connectivity index (χ0n) is 9.06. The standard InChI is InChI=1S/C11H12ClN3OS/c12-6-4-5-8-11(15-17-14-8)10(6)13-7-2-1-3-9(7)16/h4-5,7,9,13,16H,1-3H2. The topological polar surface area (TPSA) is 58.0 Å². The summed E-state index contributed by atoms with van der Waals surface area (Å²) in [4.78, 5) is 0. The van der Waals surface area contributed by atoms with Crippen molar-refractivity contribution in [2.75, 3.05) is 5.32 Å². The van der Waals surface area contributed by atoms with E-state index in [2.05, 4.69) is 14.1 Å². The highest BCUT2D eigenvalue weighted by Crippen LogP contribution is 2.33. The second-order valence-corrected chi connectivity index (χ2v) is 5.24. The van der Waals surface area contributed by atoms with Crippen molar-refractivity contribution in [3.05, 3.63) is 17.2 Å². The second-order valence-electron chi connectivity index (χ2n) is 4.30. The van der Waals surface area contributed by atoms with Gasteiger partial charge < -0.3 is 10.4 Å². The van der Waals surface area contributed by atoms with E-state index in [0.29, 0.717) is 5.02 Å². The van der Waals surface area contributed by atoms with Crippen molar-refractivity contribution in [3.8, 4) is 0 Å². The van der Waals surface area contributed by atoms with Gasteiger partial charge in [-0.05, 0) is 31.4 Å². The molecule has 4 nitrogen and oxygen atoms in total. The van der Waals surface area contributed by atoms with E-state index >= 15 is 0 Å². The molecule has 2 atom stereocenters. The van der Waals surface area contributed by atoms with Gasteiger partial charge in [-0.2, -0.15) is 8.75 Å². The number of hydrogen-bond acceptors (Lipinski definition) is 5. The summed E-state index contributed by atoms with van der Waals surface area (Å²) in [5.74, 6) is 0. The van der Waals surface area contributed by atoms with Crippen molar-refractivity contribution < 1.29 is 5.11 Å². The fourth-order valence-corrected chi connectivity index (χ4v) is 3.01. The van der Waals surface area contributed by atoms with Gasteiger partial charge in [-0.3, -0.25) is 0 Å². The molecule has 0 amide bonds. The molecule has 2 aromatic rings. The Hall–Kier alpha value is -0.910. The Morgan fingerprint density at radius 1 is 1.35 bits per heavy atom. The monoisotopic (exact) mass is 269 g/mol. The van der Waals surface area contributed by atoms with Crippen LogP contribution in [0, 0.1) is 0 Å². The molecular formula is C11H12ClN3OS. The maximum Gasteiger partial charge on any atom is 0.129 e. The molecule has 1 aromatic heterocycles. The molecule has 1 aromatic carbocycles. The number of benzene rings is 1. The van der Waals surface area contributed by atoms with E-state index in [9.17, 15) is 5.11 Å². The van der Waals surface area contributed by atoms with E-state index < -0.39 is 0 Å². The van der Waals surface area contributed by atoms with Crippen LogP contribution >= 0.6 is 23.3 Å². The van der Waals surface area contributed by atoms with Gasteiger partial charge in [-0.25, -0.2) is 0 Å². The van der Waals surface area contributed by atoms with Crippen molar-refractivity contribution in [2.24, 2.45) is 0 Å². The number of aliphatic hydroxyl groups is 1. The molecule has 2 N–H and O–H groups in total. The first-order chi connectivity index (χ1) is 8.25. The summed E-state index contributed by atoms with van der Waals surface area (Å²) in [6, 6.07) is 3.74. The van der Waals surface area contributed by atoms with E-state index in [0.717, 1.165) is 36.0 Å². The molecule has 1 aliphatic carbocycles. The van der Waals surface area contributed by atoms with Crippen LogP contribution in [0.15, 0.2) is 12.1 Å². The van der Waals surface area contributed by atoms with Gasteiger partial charge in [0.2, 0.25) is 0 Å². The number of rotatable bonds is 2. The third-order valence-electron chi connectivity index (χ3n) is 3.19. The van der Waals surface area contributed by atoms with Gasteiger partial charge in [0.1, 0.15) is 11.0 Å². The number of aromatic nitrogens is 2. The lowest BCUT2D eigenvalue weighted by molar-refractivity contribution is 0.172. The van der Waals surface area contributed by atoms with Crippen LogP contribution in [0.3, 0.4) is 0 Å². The van der Waals surface area contributed by atoms with Gasteiger partial charge in [-0.1, -0.05) is 11.6 Å². The Labute approximate surface area is 108 Å². The number of fused-ring (bicyclic) bond motifs is 1. The predicted molar refractivity (Wildman–Crippen MR) is 69.7 cm³/mol. The third-order valence-corrected chi connectivity index (χ3v) is 4.04. The summed E-state index contributed by atoms with van der Waals surface area (Å²) in [5, 5.41) is 13.8. The predicted octanol–water partition coefficient (Wildman–Crippen LogP) is 2.67. The van der Waals surface area contributed by atoms with Crippen molar-refractivity contribution >= 4 is 40.0 Å². The van der Waals surface area contributed by atoms with Crippen LogP contribution in [0.2, 0.25) is 5.02 Å². The molecule has 90 valence electrons. The fraction of sp³-hybridized carbons (Fsp3) is 0.455. The Kier molecular flexibility index (Phi) is 2.90. The van der Waals surface area contributed by atoms with E-state index in [1.54, 1.807) is 0 Å². The van der Waals surface area contributed by atoms with Crippen molar-refractivity contribution in [3.63, 3.8) is 0 Å². The highest BCUT2D eigenvalue weighted by atomic mass is 35.5. The summed E-state index contributed by atoms with van der Waals surface area (Å²) < 4.78 is 8.43. The number of aliphatic hydroxyl groups excluding tert-OH is 1. The van der Waals surface area contributed by atoms with Crippen LogP contribution in [0.5, 0.6) is 0 Å². The minimum absolute atomic E-state index is 0.0693. The number of nitrogens with zero attached hydrogens (tertiary/aromatic N) is 2. The Morgan fingerprint density at radius 2 is 2.24 bits per heavy atom. The molecule has 0 saturated heterocycles. The molecular weight excluding hydrogens is 258 g/mol. The van der Waals surface area contributed by atoms with Gasteiger partial charge in [0.25, 0.3) is 0 Å². The number of hydrogen-bond donors (Lipinski definition) is 2. The van der Waals surface area contributed by atoms with Gasteiger partial charge in [0.05, 0.1) is 34.6 Å². The molecule has 17 heavy (non-hydrogen) atoms. The van der Waals surface area contributed by atoms with Gasteiger partial charge in [0.15, 0.2) is 0 Å². The Morgan fingerprint density at radius 3 is 3.00 bits per heavy atom. The summed E-state index contributed by atoms with van der Waals surface area (Å²) in [6.45, 7) is 0. The van der Waals surface area contributed by atoms with E-state index in [1.165, 1.54) is 11.7 Å². The highest BCUT2D eigenvalue weighted by Gasteiger charge is 2.26. The third kappa shape index (κ3) is 1.99. The number of anilines is 1. The molecule has 3 rings (SSSR count). The maximum absolute atomic E-state index is 9.82. The molecule has 0 radical (unpaired) electrons. The van der Waals surface area contributed by atoms with Gasteiger partial charge >= 0.3 is 0 Å². The largest absolute Gasteiger partial charge is 0.391 e. The number of nitrogens with one attached hydrogen (secondary N) is 1. The van der Waals surface area contributed by atoms with Crippen LogP contribution in [-0.4, -0.2) is 26.0 Å². The zero-order valence-corrected chi connectivity index (χ0v) is 10.6. The molecule has 2 unspecified atom stereocenters. The van der Waals surface area contributed by atoms with Crippen LogP contribution in [0.1, 0.15) is 19.3 Å². The lowest BCUT2D eigenvalue weighted by Gasteiger charge is -2.18. The van der Waals surface area contributed by atoms with Gasteiger partial charge in [-0.15, -0.1) is 0 Å². The number of halogens is 1. The Bertz CT molecular complexity index is 544. The van der Waals surface area contributed by atoms with E-state index in [4.69, 9.17) is 11.6 Å². The van der Waals surface area contributed by atoms with Crippen LogP contribution < -0.4 is 5.32 Å². The summed E-state index contributed by atoms with van der Waals surface area (Å²) in [5.41, 5.74) is 2.43. The SMILES string of the molecule is OC1CCCC1Nc1c(Cl)ccc2nsnc12. The average molecular weight is 270 g/mol. The Balaban J connectivity index is 1.98. The van der Waals surface area contributed by atoms with Crippen molar-refractivity contribution in [2.45, 2.75) is 31.4 Å². The maximum atomic E-state index is 9.82. The first kappa shape index (κ1) is 11.2. The van der Waals surface area contributed by atoms with Crippen LogP contribution in [-0.2, 0) is 0 Å². The molecule has 6 heteroatoms. The normalized spacial score (nSPS) is 24.4. The quantitative estimate of drug-likeness (QED) is 0.880. The molecule has 0 aliphatic heterocycles. The van der Waals surface area contributed by atoms with E-state index in [1.807, 2.05) is 12.1 Å². The van der Waals surface area contributed by atoms with Crippen LogP contribution in [0.25, 0.3) is 11.0 Å². The van der Waals surface area contributed by atoms with Crippen molar-refractivity contribution in [1.82, 2.24) is 8.75 Å². The van der Waals surface area contributed by atoms with E-state index in [-0.39, 0.29) is 12.1 Å². The van der Waals surface area contributed by atoms with Crippen LogP contribution in [0.4, 0.5) is 5.69 Å². The minimum Gasteiger partial charge on any atom is -0.391 e. The summed E-state index contributed by atoms with van der Waals surface area (Å²) >= 11 is 7.35. The van der Waals surface area contributed by atoms with Crippen molar-refractivity contribution in [1.29, 1.82) is 0 Å². The lowest BCUT2D eigenvalue weighted by Crippen LogP contribution is -2.28. The smallest absolute Gasteiger partial charge is 0.129 e. The zero-order chi connectivity index (χ0) is 11.8. The molecule has 1 fully saturated rings. The molecule has 1 heterocycles. The van der Waals surface area contributed by atoms with Gasteiger partial charge in [0, 0.05) is 0 Å². The lowest BCUT2D eigenvalue weighted by atomic mass is 10.2. The molecule has 0 spiro atoms. The average Bonchev–Trinajstić information content (AvgIpc) is 2.92.